The van der Waals surface area contributed by atoms with E-state index < -0.39 is 29.8 Å². The first kappa shape index (κ1) is 26.4. The Labute approximate surface area is 219 Å². The number of rotatable bonds is 6. The van der Waals surface area contributed by atoms with Crippen molar-refractivity contribution in [2.45, 2.75) is 18.6 Å². The average Bonchev–Trinajstić information content (AvgIpc) is 3.25. The Hall–Kier alpha value is -3.63. The highest BCUT2D eigenvalue weighted by Crippen LogP contribution is 2.39. The fraction of sp³-hybridized carbons (Fsp3) is 0.200. The molecular weight excluding hydrogens is 532 g/mol. The first-order valence-electron chi connectivity index (χ1n) is 10.8. The van der Waals surface area contributed by atoms with Crippen molar-refractivity contribution in [1.29, 1.82) is 0 Å². The summed E-state index contributed by atoms with van der Waals surface area (Å²) in [5.41, 5.74) is -0.00767. The summed E-state index contributed by atoms with van der Waals surface area (Å²) in [6.07, 6.45) is -1.95. The third kappa shape index (κ3) is 5.40. The maximum atomic E-state index is 13.6. The Morgan fingerprint density at radius 1 is 1.08 bits per heavy atom. The van der Waals surface area contributed by atoms with E-state index in [-0.39, 0.29) is 33.2 Å². The molecule has 2 aromatic heterocycles. The van der Waals surface area contributed by atoms with Crippen molar-refractivity contribution < 1.29 is 27.5 Å². The Morgan fingerprint density at radius 3 is 2.43 bits per heavy atom. The number of ether oxygens (including phenoxy) is 1. The summed E-state index contributed by atoms with van der Waals surface area (Å²) in [6, 6.07) is 9.67. The van der Waals surface area contributed by atoms with Gasteiger partial charge in [0.15, 0.2) is 5.69 Å². The van der Waals surface area contributed by atoms with Gasteiger partial charge in [-0.1, -0.05) is 47.5 Å². The molecule has 0 spiro atoms. The van der Waals surface area contributed by atoms with Gasteiger partial charge in [-0.25, -0.2) is 4.79 Å². The molecule has 4 aromatic rings. The van der Waals surface area contributed by atoms with E-state index in [2.05, 4.69) is 15.4 Å². The first-order valence-corrected chi connectivity index (χ1v) is 11.6. The highest BCUT2D eigenvalue weighted by atomic mass is 35.5. The number of fused-ring (bicyclic) bond motifs is 1. The molecule has 1 amide bonds. The lowest BCUT2D eigenvalue weighted by molar-refractivity contribution is -0.143. The monoisotopic (exact) mass is 550 g/mol. The molecule has 0 radical (unpaired) electrons. The number of hydrogen-bond donors (Lipinski definition) is 1. The Bertz CT molecular complexity index is 1480. The quantitative estimate of drug-likeness (QED) is 0.321. The number of carbonyl (C=O) groups is 2. The summed E-state index contributed by atoms with van der Waals surface area (Å²) in [6.45, 7) is 0. The van der Waals surface area contributed by atoms with Crippen LogP contribution in [-0.2, 0) is 29.2 Å². The number of halogens is 5. The zero-order valence-electron chi connectivity index (χ0n) is 19.4. The second-order valence-electron chi connectivity index (χ2n) is 8.08. The molecule has 0 unspecified atom stereocenters. The van der Waals surface area contributed by atoms with Gasteiger partial charge in [-0.05, 0) is 29.3 Å². The Balaban J connectivity index is 1.75. The summed E-state index contributed by atoms with van der Waals surface area (Å²) >= 11 is 12.2. The third-order valence-electron chi connectivity index (χ3n) is 5.65. The number of benzene rings is 2. The number of aromatic nitrogens is 3. The zero-order valence-corrected chi connectivity index (χ0v) is 20.9. The molecule has 4 rings (SSSR count). The van der Waals surface area contributed by atoms with Gasteiger partial charge in [0.05, 0.1) is 28.2 Å². The van der Waals surface area contributed by atoms with E-state index in [4.69, 9.17) is 27.9 Å². The van der Waals surface area contributed by atoms with Gasteiger partial charge in [0, 0.05) is 36.8 Å². The SMILES string of the molecule is COC(=O)[C@H](Cc1ccc(-c2cn(C)nc2C(F)(F)F)c2cccnc12)NC(=O)c1c(Cl)cccc1Cl. The maximum Gasteiger partial charge on any atom is 0.435 e. The summed E-state index contributed by atoms with van der Waals surface area (Å²) in [5, 5.41) is 6.79. The minimum atomic E-state index is -4.66. The maximum absolute atomic E-state index is 13.6. The minimum absolute atomic E-state index is 0.00525. The number of aryl methyl sites for hydroxylation is 1. The highest BCUT2D eigenvalue weighted by Gasteiger charge is 2.38. The van der Waals surface area contributed by atoms with Gasteiger partial charge < -0.3 is 10.1 Å². The van der Waals surface area contributed by atoms with E-state index in [1.54, 1.807) is 24.3 Å². The van der Waals surface area contributed by atoms with E-state index >= 15 is 0 Å². The van der Waals surface area contributed by atoms with Crippen molar-refractivity contribution >= 4 is 46.0 Å². The van der Waals surface area contributed by atoms with Gasteiger partial charge >= 0.3 is 12.1 Å². The summed E-state index contributed by atoms with van der Waals surface area (Å²) in [7, 11) is 2.58. The number of nitrogens with zero attached hydrogens (tertiary/aromatic N) is 3. The van der Waals surface area contributed by atoms with Crippen LogP contribution in [0.1, 0.15) is 21.6 Å². The van der Waals surface area contributed by atoms with Crippen LogP contribution < -0.4 is 5.32 Å². The van der Waals surface area contributed by atoms with Gasteiger partial charge in [0.1, 0.15) is 6.04 Å². The van der Waals surface area contributed by atoms with E-state index in [9.17, 15) is 22.8 Å². The van der Waals surface area contributed by atoms with Gasteiger partial charge in [0.25, 0.3) is 5.91 Å². The largest absolute Gasteiger partial charge is 0.467 e. The molecule has 37 heavy (non-hydrogen) atoms. The smallest absolute Gasteiger partial charge is 0.435 e. The van der Waals surface area contributed by atoms with E-state index in [1.807, 2.05) is 0 Å². The first-order chi connectivity index (χ1) is 17.5. The molecule has 7 nitrogen and oxygen atoms in total. The third-order valence-corrected chi connectivity index (χ3v) is 6.28. The highest BCUT2D eigenvalue weighted by molar-refractivity contribution is 6.39. The molecule has 0 aliphatic carbocycles. The standard InChI is InChI=1S/C25H19Cl2F3N4O3/c1-34-12-16(22(33-34)25(28,29)30)14-9-8-13(21-15(14)5-4-10-31-21)11-19(24(36)37-2)32-23(35)20-17(26)6-3-7-18(20)27/h3-10,12,19H,11H2,1-2H3,(H,32,35)/t19-/m0/s1. The molecule has 1 atom stereocenters. The fourth-order valence-electron chi connectivity index (χ4n) is 4.03. The normalized spacial score (nSPS) is 12.4. The molecule has 0 bridgehead atoms. The van der Waals surface area contributed by atoms with Crippen LogP contribution in [-0.4, -0.2) is 39.8 Å². The molecule has 0 aliphatic heterocycles. The van der Waals surface area contributed by atoms with E-state index in [0.29, 0.717) is 16.5 Å². The number of methoxy groups -OCH3 is 1. The van der Waals surface area contributed by atoms with Crippen LogP contribution in [0.25, 0.3) is 22.0 Å². The Kier molecular flexibility index (Phi) is 7.42. The van der Waals surface area contributed by atoms with Crippen molar-refractivity contribution in [2.24, 2.45) is 7.05 Å². The molecule has 192 valence electrons. The molecule has 1 N–H and O–H groups in total. The molecule has 0 aliphatic rings. The Morgan fingerprint density at radius 2 is 1.78 bits per heavy atom. The van der Waals surface area contributed by atoms with Crippen LogP contribution in [0, 0.1) is 0 Å². The summed E-state index contributed by atoms with van der Waals surface area (Å²) in [5.74, 6) is -1.43. The van der Waals surface area contributed by atoms with Gasteiger partial charge in [0.2, 0.25) is 0 Å². The molecule has 12 heteroatoms. The number of nitrogens with one attached hydrogen (secondary N) is 1. The van der Waals surface area contributed by atoms with Crippen molar-refractivity contribution in [3.63, 3.8) is 0 Å². The second-order valence-corrected chi connectivity index (χ2v) is 8.90. The average molecular weight is 551 g/mol. The van der Waals surface area contributed by atoms with Crippen LogP contribution in [0.5, 0.6) is 0 Å². The van der Waals surface area contributed by atoms with Crippen LogP contribution in [0.15, 0.2) is 54.9 Å². The predicted molar refractivity (Wildman–Crippen MR) is 132 cm³/mol. The second kappa shape index (κ2) is 10.4. The van der Waals surface area contributed by atoms with E-state index in [0.717, 1.165) is 4.68 Å². The summed E-state index contributed by atoms with van der Waals surface area (Å²) < 4.78 is 46.9. The number of esters is 1. The lowest BCUT2D eigenvalue weighted by Crippen LogP contribution is -2.43. The van der Waals surface area contributed by atoms with E-state index in [1.165, 1.54) is 44.8 Å². The molecule has 2 heterocycles. The molecule has 0 fully saturated rings. The van der Waals surface area contributed by atoms with Crippen molar-refractivity contribution in [3.05, 3.63) is 81.7 Å². The molecule has 0 saturated carbocycles. The van der Waals surface area contributed by atoms with Crippen LogP contribution in [0.2, 0.25) is 10.0 Å². The zero-order chi connectivity index (χ0) is 26.9. The van der Waals surface area contributed by atoms with Crippen LogP contribution in [0.3, 0.4) is 0 Å². The van der Waals surface area contributed by atoms with Crippen molar-refractivity contribution in [3.8, 4) is 11.1 Å². The number of amides is 1. The topological polar surface area (TPSA) is 86.1 Å². The van der Waals surface area contributed by atoms with Crippen LogP contribution in [0.4, 0.5) is 13.2 Å². The van der Waals surface area contributed by atoms with Crippen LogP contribution >= 0.6 is 23.2 Å². The van der Waals surface area contributed by atoms with Gasteiger partial charge in [-0.2, -0.15) is 18.3 Å². The molecule has 2 aromatic carbocycles. The van der Waals surface area contributed by atoms with Gasteiger partial charge in [-0.15, -0.1) is 0 Å². The van der Waals surface area contributed by atoms with Crippen molar-refractivity contribution in [2.75, 3.05) is 7.11 Å². The molecular formula is C25H19Cl2F3N4O3. The number of carbonyl (C=O) groups excluding carboxylic acids is 2. The summed E-state index contributed by atoms with van der Waals surface area (Å²) in [4.78, 5) is 29.9. The fourth-order valence-corrected chi connectivity index (χ4v) is 4.60. The lowest BCUT2D eigenvalue weighted by atomic mass is 9.95. The minimum Gasteiger partial charge on any atom is -0.467 e. The number of alkyl halides is 3. The lowest BCUT2D eigenvalue weighted by Gasteiger charge is -2.19. The number of hydrogen-bond acceptors (Lipinski definition) is 5. The number of pyridine rings is 1. The molecule has 0 saturated heterocycles. The predicted octanol–water partition coefficient (Wildman–Crippen LogP) is 5.48. The van der Waals surface area contributed by atoms with Gasteiger partial charge in [-0.3, -0.25) is 14.5 Å². The van der Waals surface area contributed by atoms with Crippen molar-refractivity contribution in [1.82, 2.24) is 20.1 Å².